The highest BCUT2D eigenvalue weighted by Gasteiger charge is 2.16. The number of rotatable bonds is 4. The quantitative estimate of drug-likeness (QED) is 0.638. The second-order valence-corrected chi connectivity index (χ2v) is 4.18. The molecule has 0 atom stereocenters. The summed E-state index contributed by atoms with van der Waals surface area (Å²) in [5.74, 6) is -1.37. The molecule has 1 rings (SSSR count). The Morgan fingerprint density at radius 3 is 2.71 bits per heavy atom. The van der Waals surface area contributed by atoms with Crippen molar-refractivity contribution in [3.05, 3.63) is 40.1 Å². The number of amides is 1. The predicted octanol–water partition coefficient (Wildman–Crippen LogP) is 2.83. The molecule has 0 spiro atoms. The van der Waals surface area contributed by atoms with Gasteiger partial charge in [-0.05, 0) is 24.8 Å². The first kappa shape index (κ1) is 13.2. The number of carbonyl (C=O) groups excluding carboxylic acids is 1. The number of thiophene rings is 1. The van der Waals surface area contributed by atoms with Gasteiger partial charge in [0.15, 0.2) is 0 Å². The highest BCUT2D eigenvalue weighted by atomic mass is 32.1. The summed E-state index contributed by atoms with van der Waals surface area (Å²) in [5.41, 5.74) is 1.12. The number of allylic oxidation sites excluding steroid dienone is 3. The lowest BCUT2D eigenvalue weighted by Gasteiger charge is -2.02. The first-order valence-electron chi connectivity index (χ1n) is 4.98. The Balaban J connectivity index is 2.84. The second kappa shape index (κ2) is 6.00. The molecule has 2 N–H and O–H groups in total. The van der Waals surface area contributed by atoms with Crippen molar-refractivity contribution in [1.82, 2.24) is 0 Å². The van der Waals surface area contributed by atoms with E-state index in [9.17, 15) is 9.59 Å². The molecule has 0 saturated heterocycles. The molecule has 0 radical (unpaired) electrons. The van der Waals surface area contributed by atoms with Gasteiger partial charge in [0.25, 0.3) is 0 Å². The standard InChI is InChI=1S/C12H13NO3S/c1-3-4-5-6-9(14)13-10-8(2)7-17-11(10)12(15)16/h3-7H,1-2H3,(H,13,14)(H,15,16). The molecule has 4 nitrogen and oxygen atoms in total. The number of aromatic carboxylic acids is 1. The van der Waals surface area contributed by atoms with Crippen molar-refractivity contribution in [2.45, 2.75) is 13.8 Å². The number of hydrogen-bond acceptors (Lipinski definition) is 3. The van der Waals surface area contributed by atoms with E-state index in [1.807, 2.05) is 6.92 Å². The van der Waals surface area contributed by atoms with Crippen LogP contribution in [0.5, 0.6) is 0 Å². The molecule has 5 heteroatoms. The maximum absolute atomic E-state index is 11.5. The topological polar surface area (TPSA) is 66.4 Å². The van der Waals surface area contributed by atoms with Gasteiger partial charge in [0.1, 0.15) is 4.88 Å². The van der Waals surface area contributed by atoms with E-state index in [0.717, 1.165) is 16.9 Å². The number of anilines is 1. The van der Waals surface area contributed by atoms with Crippen LogP contribution in [0.3, 0.4) is 0 Å². The van der Waals surface area contributed by atoms with Gasteiger partial charge in [-0.15, -0.1) is 11.3 Å². The van der Waals surface area contributed by atoms with E-state index in [1.165, 1.54) is 6.08 Å². The van der Waals surface area contributed by atoms with Crippen LogP contribution in [0.25, 0.3) is 0 Å². The molecule has 0 saturated carbocycles. The third kappa shape index (κ3) is 3.57. The molecule has 0 aliphatic carbocycles. The van der Waals surface area contributed by atoms with Crippen LogP contribution in [0.15, 0.2) is 29.7 Å². The van der Waals surface area contributed by atoms with Crippen LogP contribution < -0.4 is 5.32 Å². The smallest absolute Gasteiger partial charge is 0.348 e. The van der Waals surface area contributed by atoms with Crippen molar-refractivity contribution in [3.63, 3.8) is 0 Å². The van der Waals surface area contributed by atoms with Crippen molar-refractivity contribution >= 4 is 28.9 Å². The average Bonchev–Trinajstić information content (AvgIpc) is 2.61. The summed E-state index contributed by atoms with van der Waals surface area (Å²) < 4.78 is 0. The Morgan fingerprint density at radius 1 is 1.41 bits per heavy atom. The Kier molecular flexibility index (Phi) is 4.66. The first-order chi connectivity index (χ1) is 8.06. The second-order valence-electron chi connectivity index (χ2n) is 3.30. The summed E-state index contributed by atoms with van der Waals surface area (Å²) in [6.07, 6.45) is 6.46. The molecule has 0 aromatic carbocycles. The molecule has 1 heterocycles. The van der Waals surface area contributed by atoms with Crippen molar-refractivity contribution < 1.29 is 14.7 Å². The lowest BCUT2D eigenvalue weighted by Crippen LogP contribution is -2.11. The van der Waals surface area contributed by atoms with Crippen LogP contribution in [-0.2, 0) is 4.79 Å². The number of carboxylic acid groups (broad SMARTS) is 1. The van der Waals surface area contributed by atoms with E-state index in [4.69, 9.17) is 5.11 Å². The van der Waals surface area contributed by atoms with Crippen molar-refractivity contribution in [3.8, 4) is 0 Å². The van der Waals surface area contributed by atoms with Crippen LogP contribution in [0.4, 0.5) is 5.69 Å². The third-order valence-electron chi connectivity index (χ3n) is 1.97. The minimum atomic E-state index is -1.03. The highest BCUT2D eigenvalue weighted by Crippen LogP contribution is 2.27. The lowest BCUT2D eigenvalue weighted by atomic mass is 10.2. The van der Waals surface area contributed by atoms with Gasteiger partial charge < -0.3 is 10.4 Å². The fourth-order valence-electron chi connectivity index (χ4n) is 1.18. The summed E-state index contributed by atoms with van der Waals surface area (Å²) in [7, 11) is 0. The van der Waals surface area contributed by atoms with Crippen LogP contribution >= 0.6 is 11.3 Å². The Hall–Kier alpha value is -1.88. The number of nitrogens with one attached hydrogen (secondary N) is 1. The number of carbonyl (C=O) groups is 2. The SMILES string of the molecule is CC=CC=CC(=O)Nc1c(C)csc1C(=O)O. The van der Waals surface area contributed by atoms with E-state index < -0.39 is 5.97 Å². The molecule has 1 aromatic heterocycles. The zero-order valence-electron chi connectivity index (χ0n) is 9.56. The zero-order chi connectivity index (χ0) is 12.8. The summed E-state index contributed by atoms with van der Waals surface area (Å²) in [6, 6.07) is 0. The third-order valence-corrected chi connectivity index (χ3v) is 3.05. The van der Waals surface area contributed by atoms with E-state index in [1.54, 1.807) is 30.5 Å². The monoisotopic (exact) mass is 251 g/mol. The van der Waals surface area contributed by atoms with Gasteiger partial charge in [0.05, 0.1) is 5.69 Å². The normalized spacial score (nSPS) is 11.2. The number of aryl methyl sites for hydroxylation is 1. The number of carboxylic acids is 1. The fourth-order valence-corrected chi connectivity index (χ4v) is 2.02. The maximum atomic E-state index is 11.5. The minimum absolute atomic E-state index is 0.148. The summed E-state index contributed by atoms with van der Waals surface area (Å²) in [6.45, 7) is 3.60. The van der Waals surface area contributed by atoms with Crippen LogP contribution in [0.1, 0.15) is 22.2 Å². The van der Waals surface area contributed by atoms with Gasteiger partial charge in [-0.3, -0.25) is 4.79 Å². The molecule has 0 fully saturated rings. The van der Waals surface area contributed by atoms with E-state index >= 15 is 0 Å². The average molecular weight is 251 g/mol. The van der Waals surface area contributed by atoms with Crippen LogP contribution in [0, 0.1) is 6.92 Å². The summed E-state index contributed by atoms with van der Waals surface area (Å²) in [5, 5.41) is 13.2. The van der Waals surface area contributed by atoms with E-state index in [-0.39, 0.29) is 10.8 Å². The summed E-state index contributed by atoms with van der Waals surface area (Å²) >= 11 is 1.10. The first-order valence-corrected chi connectivity index (χ1v) is 5.86. The number of hydrogen-bond donors (Lipinski definition) is 2. The van der Waals surface area contributed by atoms with Crippen molar-refractivity contribution in [2.75, 3.05) is 5.32 Å². The van der Waals surface area contributed by atoms with Gasteiger partial charge in [-0.1, -0.05) is 18.2 Å². The van der Waals surface area contributed by atoms with Crippen LogP contribution in [0.2, 0.25) is 0 Å². The van der Waals surface area contributed by atoms with Gasteiger partial charge >= 0.3 is 5.97 Å². The molecule has 17 heavy (non-hydrogen) atoms. The molecular formula is C12H13NO3S. The molecular weight excluding hydrogens is 238 g/mol. The molecule has 0 aliphatic heterocycles. The molecule has 1 amide bonds. The summed E-state index contributed by atoms with van der Waals surface area (Å²) in [4.78, 5) is 22.5. The Labute approximate surface area is 103 Å². The van der Waals surface area contributed by atoms with Crippen LogP contribution in [-0.4, -0.2) is 17.0 Å². The van der Waals surface area contributed by atoms with Crippen molar-refractivity contribution in [2.24, 2.45) is 0 Å². The molecule has 90 valence electrons. The van der Waals surface area contributed by atoms with Gasteiger partial charge in [-0.25, -0.2) is 4.79 Å². The molecule has 0 unspecified atom stereocenters. The van der Waals surface area contributed by atoms with E-state index in [2.05, 4.69) is 5.32 Å². The van der Waals surface area contributed by atoms with Crippen molar-refractivity contribution in [1.29, 1.82) is 0 Å². The largest absolute Gasteiger partial charge is 0.477 e. The highest BCUT2D eigenvalue weighted by molar-refractivity contribution is 7.12. The predicted molar refractivity (Wildman–Crippen MR) is 68.6 cm³/mol. The van der Waals surface area contributed by atoms with Gasteiger partial charge in [0.2, 0.25) is 5.91 Å². The fraction of sp³-hybridized carbons (Fsp3) is 0.167. The maximum Gasteiger partial charge on any atom is 0.348 e. The van der Waals surface area contributed by atoms with Gasteiger partial charge in [0, 0.05) is 6.08 Å². The Morgan fingerprint density at radius 2 is 2.12 bits per heavy atom. The van der Waals surface area contributed by atoms with Gasteiger partial charge in [-0.2, -0.15) is 0 Å². The van der Waals surface area contributed by atoms with E-state index in [0.29, 0.717) is 5.69 Å². The molecule has 1 aromatic rings. The Bertz CT molecular complexity index is 486. The minimum Gasteiger partial charge on any atom is -0.477 e. The molecule has 0 aliphatic rings. The molecule has 0 bridgehead atoms. The zero-order valence-corrected chi connectivity index (χ0v) is 10.4. The lowest BCUT2D eigenvalue weighted by molar-refractivity contribution is -0.111.